The van der Waals surface area contributed by atoms with Crippen LogP contribution in [0.5, 0.6) is 0 Å². The van der Waals surface area contributed by atoms with Crippen LogP contribution in [-0.4, -0.2) is 4.98 Å². The summed E-state index contributed by atoms with van der Waals surface area (Å²) >= 11 is 11.8. The van der Waals surface area contributed by atoms with Gasteiger partial charge in [0.25, 0.3) is 0 Å². The molecule has 0 unspecified atom stereocenters. The summed E-state index contributed by atoms with van der Waals surface area (Å²) in [6, 6.07) is 7.32. The summed E-state index contributed by atoms with van der Waals surface area (Å²) in [5.41, 5.74) is 1.88. The Morgan fingerprint density at radius 3 is 2.62 bits per heavy atom. The fourth-order valence-corrected chi connectivity index (χ4v) is 1.66. The molecule has 1 N–H and O–H groups in total. The Kier molecular flexibility index (Phi) is 2.30. The molecular formula is C10H6Cl2N. The number of nitrogens with one attached hydrogen (secondary N) is 1. The highest BCUT2D eigenvalue weighted by molar-refractivity contribution is 6.36. The van der Waals surface area contributed by atoms with Gasteiger partial charge in [0.2, 0.25) is 0 Å². The first kappa shape index (κ1) is 8.67. The first-order chi connectivity index (χ1) is 6.27. The summed E-state index contributed by atoms with van der Waals surface area (Å²) in [5.74, 6) is 0. The van der Waals surface area contributed by atoms with Gasteiger partial charge in [0.05, 0.1) is 6.20 Å². The Hall–Kier alpha value is -0.920. The van der Waals surface area contributed by atoms with E-state index in [4.69, 9.17) is 23.2 Å². The van der Waals surface area contributed by atoms with E-state index in [-0.39, 0.29) is 0 Å². The summed E-state index contributed by atoms with van der Waals surface area (Å²) in [5, 5.41) is 1.28. The molecule has 0 aliphatic carbocycles. The van der Waals surface area contributed by atoms with Crippen LogP contribution in [0.3, 0.4) is 0 Å². The number of benzene rings is 1. The smallest absolute Gasteiger partial charge is 0.0706 e. The minimum atomic E-state index is 0.642. The van der Waals surface area contributed by atoms with Gasteiger partial charge in [-0.1, -0.05) is 29.3 Å². The number of hydrogen-bond donors (Lipinski definition) is 1. The molecule has 0 aliphatic rings. The van der Waals surface area contributed by atoms with Gasteiger partial charge in [-0.05, 0) is 18.2 Å². The van der Waals surface area contributed by atoms with Crippen LogP contribution in [0, 0.1) is 6.20 Å². The van der Waals surface area contributed by atoms with E-state index in [1.54, 1.807) is 12.3 Å². The highest BCUT2D eigenvalue weighted by atomic mass is 35.5. The maximum Gasteiger partial charge on any atom is 0.0706 e. The summed E-state index contributed by atoms with van der Waals surface area (Å²) in [4.78, 5) is 2.85. The lowest BCUT2D eigenvalue weighted by Crippen LogP contribution is -1.76. The van der Waals surface area contributed by atoms with Gasteiger partial charge in [0.15, 0.2) is 0 Å². The van der Waals surface area contributed by atoms with Crippen LogP contribution in [0.2, 0.25) is 10.0 Å². The topological polar surface area (TPSA) is 15.8 Å². The first-order valence-electron chi connectivity index (χ1n) is 3.78. The van der Waals surface area contributed by atoms with Gasteiger partial charge in [-0.25, -0.2) is 0 Å². The molecule has 3 heteroatoms. The molecule has 0 amide bonds. The Bertz CT molecular complexity index is 407. The zero-order valence-corrected chi connectivity index (χ0v) is 8.15. The fourth-order valence-electron chi connectivity index (χ4n) is 1.15. The van der Waals surface area contributed by atoms with Crippen molar-refractivity contribution in [3.8, 4) is 11.1 Å². The minimum absolute atomic E-state index is 0.642. The number of aromatic nitrogens is 1. The molecule has 0 saturated carbocycles. The number of aromatic amines is 1. The average Bonchev–Trinajstić information content (AvgIpc) is 2.56. The van der Waals surface area contributed by atoms with E-state index >= 15 is 0 Å². The molecule has 0 saturated heterocycles. The molecule has 1 nitrogen and oxygen atoms in total. The lowest BCUT2D eigenvalue weighted by molar-refractivity contribution is 1.40. The van der Waals surface area contributed by atoms with Crippen LogP contribution in [0.1, 0.15) is 0 Å². The molecule has 1 heterocycles. The van der Waals surface area contributed by atoms with Crippen molar-refractivity contribution in [3.63, 3.8) is 0 Å². The van der Waals surface area contributed by atoms with Crippen molar-refractivity contribution in [2.24, 2.45) is 0 Å². The third-order valence-corrected chi connectivity index (χ3v) is 2.31. The highest BCUT2D eigenvalue weighted by Gasteiger charge is 2.03. The molecule has 0 atom stereocenters. The number of hydrogen-bond acceptors (Lipinski definition) is 0. The lowest BCUT2D eigenvalue weighted by Gasteiger charge is -2.00. The Morgan fingerprint density at radius 2 is 2.00 bits per heavy atom. The largest absolute Gasteiger partial charge is 0.359 e. The second-order valence-electron chi connectivity index (χ2n) is 2.64. The molecule has 0 bridgehead atoms. The Morgan fingerprint density at radius 1 is 1.15 bits per heavy atom. The van der Waals surface area contributed by atoms with E-state index in [1.165, 1.54) is 0 Å². The molecule has 1 radical (unpaired) electrons. The van der Waals surface area contributed by atoms with Crippen LogP contribution < -0.4 is 0 Å². The molecule has 2 aromatic rings. The van der Waals surface area contributed by atoms with Crippen LogP contribution in [0.4, 0.5) is 0 Å². The first-order valence-corrected chi connectivity index (χ1v) is 4.53. The number of rotatable bonds is 1. The van der Waals surface area contributed by atoms with Crippen molar-refractivity contribution in [2.45, 2.75) is 0 Å². The van der Waals surface area contributed by atoms with Gasteiger partial charge in [-0.15, -0.1) is 0 Å². The summed E-state index contributed by atoms with van der Waals surface area (Å²) < 4.78 is 0. The second-order valence-corrected chi connectivity index (χ2v) is 3.48. The molecule has 0 aliphatic heterocycles. The molecule has 1 aromatic heterocycles. The van der Waals surface area contributed by atoms with Gasteiger partial charge in [-0.3, -0.25) is 0 Å². The zero-order chi connectivity index (χ0) is 9.26. The van der Waals surface area contributed by atoms with Gasteiger partial charge >= 0.3 is 0 Å². The van der Waals surface area contributed by atoms with Gasteiger partial charge in [0.1, 0.15) is 0 Å². The van der Waals surface area contributed by atoms with E-state index in [1.807, 2.05) is 18.2 Å². The van der Waals surface area contributed by atoms with Crippen LogP contribution in [-0.2, 0) is 0 Å². The number of H-pyrrole nitrogens is 1. The molecular weight excluding hydrogens is 205 g/mol. The standard InChI is InChI=1S/C10H6Cl2N/c11-8-1-2-9(10(12)5-8)7-3-4-13-6-7/h1-5,13H. The summed E-state index contributed by atoms with van der Waals surface area (Å²) in [7, 11) is 0. The van der Waals surface area contributed by atoms with E-state index in [0.717, 1.165) is 11.1 Å². The van der Waals surface area contributed by atoms with Gasteiger partial charge in [-0.2, -0.15) is 0 Å². The van der Waals surface area contributed by atoms with Crippen LogP contribution >= 0.6 is 23.2 Å². The van der Waals surface area contributed by atoms with E-state index in [9.17, 15) is 0 Å². The summed E-state index contributed by atoms with van der Waals surface area (Å²) in [6.45, 7) is 0. The van der Waals surface area contributed by atoms with Crippen molar-refractivity contribution >= 4 is 23.2 Å². The van der Waals surface area contributed by atoms with Crippen molar-refractivity contribution in [1.82, 2.24) is 4.98 Å². The highest BCUT2D eigenvalue weighted by Crippen LogP contribution is 2.29. The zero-order valence-electron chi connectivity index (χ0n) is 6.64. The number of halogens is 2. The quantitative estimate of drug-likeness (QED) is 0.738. The van der Waals surface area contributed by atoms with Crippen molar-refractivity contribution in [1.29, 1.82) is 0 Å². The van der Waals surface area contributed by atoms with E-state index < -0.39 is 0 Å². The van der Waals surface area contributed by atoms with Crippen molar-refractivity contribution in [3.05, 3.63) is 46.7 Å². The third kappa shape index (κ3) is 1.71. The Labute approximate surface area is 86.3 Å². The average molecular weight is 211 g/mol. The monoisotopic (exact) mass is 210 g/mol. The van der Waals surface area contributed by atoms with Crippen molar-refractivity contribution < 1.29 is 0 Å². The van der Waals surface area contributed by atoms with Crippen LogP contribution in [0.25, 0.3) is 11.1 Å². The molecule has 0 spiro atoms. The fraction of sp³-hybridized carbons (Fsp3) is 0. The van der Waals surface area contributed by atoms with Crippen LogP contribution in [0.15, 0.2) is 30.5 Å². The van der Waals surface area contributed by atoms with E-state index in [2.05, 4.69) is 11.2 Å². The lowest BCUT2D eigenvalue weighted by atomic mass is 10.1. The minimum Gasteiger partial charge on any atom is -0.359 e. The Balaban J connectivity index is 2.53. The SMILES string of the molecule is Clc1ccc(-c2[c][nH]cc2)c(Cl)c1. The second kappa shape index (κ2) is 3.44. The third-order valence-electron chi connectivity index (χ3n) is 1.76. The maximum atomic E-state index is 6.00. The van der Waals surface area contributed by atoms with E-state index in [0.29, 0.717) is 10.0 Å². The maximum absolute atomic E-state index is 6.00. The molecule has 2 rings (SSSR count). The predicted molar refractivity (Wildman–Crippen MR) is 55.1 cm³/mol. The summed E-state index contributed by atoms with van der Waals surface area (Å²) in [6.07, 6.45) is 4.77. The normalized spacial score (nSPS) is 10.3. The molecule has 1 aromatic carbocycles. The van der Waals surface area contributed by atoms with Gasteiger partial charge in [0, 0.05) is 27.4 Å². The van der Waals surface area contributed by atoms with Crippen molar-refractivity contribution in [2.75, 3.05) is 0 Å². The van der Waals surface area contributed by atoms with Gasteiger partial charge < -0.3 is 4.98 Å². The predicted octanol–water partition coefficient (Wildman–Crippen LogP) is 3.79. The molecule has 13 heavy (non-hydrogen) atoms. The molecule has 0 fully saturated rings. The molecule has 65 valence electrons.